The summed E-state index contributed by atoms with van der Waals surface area (Å²) >= 11 is 0. The van der Waals surface area contributed by atoms with Gasteiger partial charge in [0, 0.05) is 24.6 Å². The van der Waals surface area contributed by atoms with Crippen molar-refractivity contribution < 1.29 is 5.11 Å². The predicted octanol–water partition coefficient (Wildman–Crippen LogP) is 2.35. The molecule has 2 rings (SSSR count). The molecule has 15 heavy (non-hydrogen) atoms. The van der Waals surface area contributed by atoms with E-state index in [0.717, 1.165) is 25.3 Å². The summed E-state index contributed by atoms with van der Waals surface area (Å²) in [6, 6.07) is 7.28. The summed E-state index contributed by atoms with van der Waals surface area (Å²) < 4.78 is 0. The molecule has 0 aromatic heterocycles. The van der Waals surface area contributed by atoms with Crippen molar-refractivity contribution in [2.45, 2.75) is 13.3 Å². The van der Waals surface area contributed by atoms with Crippen LogP contribution in [-0.2, 0) is 0 Å². The van der Waals surface area contributed by atoms with Crippen LogP contribution in [0, 0.1) is 0 Å². The molecule has 1 heterocycles. The fourth-order valence-corrected chi connectivity index (χ4v) is 1.71. The van der Waals surface area contributed by atoms with Crippen LogP contribution in [0.4, 0.5) is 5.69 Å². The van der Waals surface area contributed by atoms with Crippen molar-refractivity contribution in [3.8, 4) is 5.75 Å². The van der Waals surface area contributed by atoms with E-state index in [2.05, 4.69) is 29.1 Å². The second-order valence-electron chi connectivity index (χ2n) is 3.74. The maximum atomic E-state index is 9.19. The van der Waals surface area contributed by atoms with Crippen LogP contribution in [-0.4, -0.2) is 23.2 Å². The highest BCUT2D eigenvalue weighted by Crippen LogP contribution is 2.21. The van der Waals surface area contributed by atoms with E-state index in [-0.39, 0.29) is 0 Å². The van der Waals surface area contributed by atoms with Gasteiger partial charge in [-0.3, -0.25) is 0 Å². The van der Waals surface area contributed by atoms with E-state index in [1.165, 1.54) is 0 Å². The van der Waals surface area contributed by atoms with Crippen LogP contribution in [0.1, 0.15) is 13.3 Å². The highest BCUT2D eigenvalue weighted by atomic mass is 16.3. The summed E-state index contributed by atoms with van der Waals surface area (Å²) in [5.74, 6) is 0.312. The molecule has 0 radical (unpaired) electrons. The largest absolute Gasteiger partial charge is 0.508 e. The lowest BCUT2D eigenvalue weighted by atomic mass is 10.3. The van der Waals surface area contributed by atoms with Gasteiger partial charge >= 0.3 is 0 Å². The Morgan fingerprint density at radius 3 is 2.60 bits per heavy atom. The van der Waals surface area contributed by atoms with E-state index in [1.54, 1.807) is 12.1 Å². The van der Waals surface area contributed by atoms with Crippen molar-refractivity contribution in [1.82, 2.24) is 4.90 Å². The van der Waals surface area contributed by atoms with Gasteiger partial charge in [-0.05, 0) is 30.7 Å². The molecule has 0 spiro atoms. The summed E-state index contributed by atoms with van der Waals surface area (Å²) in [6.45, 7) is 4.17. The number of hydrogen-bond acceptors (Lipinski definition) is 3. The monoisotopic (exact) mass is 204 g/mol. The van der Waals surface area contributed by atoms with Crippen LogP contribution in [0.15, 0.2) is 36.7 Å². The van der Waals surface area contributed by atoms with Gasteiger partial charge in [-0.2, -0.15) is 0 Å². The van der Waals surface area contributed by atoms with E-state index >= 15 is 0 Å². The molecule has 1 aliphatic heterocycles. The van der Waals surface area contributed by atoms with Crippen LogP contribution in [0.2, 0.25) is 0 Å². The second kappa shape index (κ2) is 4.26. The zero-order chi connectivity index (χ0) is 10.7. The Morgan fingerprint density at radius 1 is 1.20 bits per heavy atom. The first-order valence-corrected chi connectivity index (χ1v) is 5.27. The molecule has 0 saturated carbocycles. The van der Waals surface area contributed by atoms with E-state index in [9.17, 15) is 5.11 Å². The SMILES string of the molecule is CCCN1C=CN(c2ccc(O)cc2)C1. The van der Waals surface area contributed by atoms with Crippen molar-refractivity contribution in [2.75, 3.05) is 18.1 Å². The van der Waals surface area contributed by atoms with Crippen molar-refractivity contribution >= 4 is 5.69 Å². The first-order chi connectivity index (χ1) is 7.29. The molecule has 3 nitrogen and oxygen atoms in total. The molecule has 0 bridgehead atoms. The first kappa shape index (κ1) is 9.90. The Hall–Kier alpha value is -1.64. The molecule has 0 fully saturated rings. The van der Waals surface area contributed by atoms with Crippen molar-refractivity contribution in [2.24, 2.45) is 0 Å². The number of aromatic hydroxyl groups is 1. The molecular formula is C12H16N2O. The summed E-state index contributed by atoms with van der Waals surface area (Å²) in [5.41, 5.74) is 1.11. The van der Waals surface area contributed by atoms with Gasteiger partial charge in [0.15, 0.2) is 0 Å². The third-order valence-electron chi connectivity index (χ3n) is 2.48. The van der Waals surface area contributed by atoms with Crippen LogP contribution in [0.3, 0.4) is 0 Å². The van der Waals surface area contributed by atoms with Gasteiger partial charge < -0.3 is 14.9 Å². The number of phenols is 1. The fourth-order valence-electron chi connectivity index (χ4n) is 1.71. The van der Waals surface area contributed by atoms with Gasteiger partial charge in [-0.15, -0.1) is 0 Å². The minimum atomic E-state index is 0.312. The number of phenolic OH excluding ortho intramolecular Hbond substituents is 1. The number of benzene rings is 1. The van der Waals surface area contributed by atoms with Gasteiger partial charge in [0.25, 0.3) is 0 Å². The Labute approximate surface area is 90.2 Å². The van der Waals surface area contributed by atoms with E-state index in [4.69, 9.17) is 0 Å². The Bertz CT molecular complexity index is 345. The molecular weight excluding hydrogens is 188 g/mol. The zero-order valence-electron chi connectivity index (χ0n) is 8.93. The van der Waals surface area contributed by atoms with Gasteiger partial charge in [0.2, 0.25) is 0 Å². The smallest absolute Gasteiger partial charge is 0.115 e. The average Bonchev–Trinajstić information content (AvgIpc) is 2.68. The minimum absolute atomic E-state index is 0.312. The third kappa shape index (κ3) is 2.24. The van der Waals surface area contributed by atoms with Crippen molar-refractivity contribution in [1.29, 1.82) is 0 Å². The van der Waals surface area contributed by atoms with E-state index < -0.39 is 0 Å². The summed E-state index contributed by atoms with van der Waals surface area (Å²) in [6.07, 6.45) is 5.34. The zero-order valence-corrected chi connectivity index (χ0v) is 8.93. The standard InChI is InChI=1S/C12H16N2O/c1-2-7-13-8-9-14(10-13)11-3-5-12(15)6-4-11/h3-6,8-9,15H,2,7,10H2,1H3. The summed E-state index contributed by atoms with van der Waals surface area (Å²) in [7, 11) is 0. The van der Waals surface area contributed by atoms with Crippen molar-refractivity contribution in [3.63, 3.8) is 0 Å². The number of nitrogens with zero attached hydrogens (tertiary/aromatic N) is 2. The molecule has 1 N–H and O–H groups in total. The fraction of sp³-hybridized carbons (Fsp3) is 0.333. The lowest BCUT2D eigenvalue weighted by molar-refractivity contribution is 0.406. The molecule has 0 unspecified atom stereocenters. The van der Waals surface area contributed by atoms with E-state index in [0.29, 0.717) is 5.75 Å². The average molecular weight is 204 g/mol. The van der Waals surface area contributed by atoms with Crippen LogP contribution in [0.25, 0.3) is 0 Å². The predicted molar refractivity (Wildman–Crippen MR) is 61.6 cm³/mol. The molecule has 1 aromatic rings. The van der Waals surface area contributed by atoms with Crippen molar-refractivity contribution in [3.05, 3.63) is 36.7 Å². The van der Waals surface area contributed by atoms with Gasteiger partial charge in [-0.25, -0.2) is 0 Å². The van der Waals surface area contributed by atoms with Crippen LogP contribution in [0.5, 0.6) is 5.75 Å². The third-order valence-corrected chi connectivity index (χ3v) is 2.48. The summed E-state index contributed by atoms with van der Waals surface area (Å²) in [4.78, 5) is 4.43. The molecule has 1 aromatic carbocycles. The van der Waals surface area contributed by atoms with Gasteiger partial charge in [0.1, 0.15) is 5.75 Å². The normalized spacial score (nSPS) is 15.0. The lowest BCUT2D eigenvalue weighted by Crippen LogP contribution is -2.25. The number of hydrogen-bond donors (Lipinski definition) is 1. The summed E-state index contributed by atoms with van der Waals surface area (Å²) in [5, 5.41) is 9.19. The van der Waals surface area contributed by atoms with Crippen LogP contribution < -0.4 is 4.90 Å². The maximum absolute atomic E-state index is 9.19. The quantitative estimate of drug-likeness (QED) is 0.818. The molecule has 0 saturated heterocycles. The molecule has 0 amide bonds. The maximum Gasteiger partial charge on any atom is 0.115 e. The molecule has 80 valence electrons. The molecule has 3 heteroatoms. The van der Waals surface area contributed by atoms with Crippen LogP contribution >= 0.6 is 0 Å². The highest BCUT2D eigenvalue weighted by Gasteiger charge is 2.12. The Balaban J connectivity index is 2.02. The first-order valence-electron chi connectivity index (χ1n) is 5.27. The molecule has 1 aliphatic rings. The molecule has 0 aliphatic carbocycles. The van der Waals surface area contributed by atoms with Gasteiger partial charge in [0.05, 0.1) is 6.67 Å². The topological polar surface area (TPSA) is 26.7 Å². The second-order valence-corrected chi connectivity index (χ2v) is 3.74. The van der Waals surface area contributed by atoms with Gasteiger partial charge in [-0.1, -0.05) is 6.92 Å². The molecule has 0 atom stereocenters. The lowest BCUT2D eigenvalue weighted by Gasteiger charge is -2.20. The number of rotatable bonds is 3. The number of anilines is 1. The Kier molecular flexibility index (Phi) is 2.81. The highest BCUT2D eigenvalue weighted by molar-refractivity contribution is 5.52. The van der Waals surface area contributed by atoms with E-state index in [1.807, 2.05) is 12.1 Å². The Morgan fingerprint density at radius 2 is 1.93 bits per heavy atom. The minimum Gasteiger partial charge on any atom is -0.508 e.